The van der Waals surface area contributed by atoms with E-state index in [1.807, 2.05) is 20.8 Å². The SMILES string of the molecule is CN(C)C(=O)c1ccc(-c2cc(F)cc3c2NCN=C3C2CCN(C(=O)OC(C)(C)C)CC2)c(F)c1. The third-order valence-corrected chi connectivity index (χ3v) is 6.33. The third-order valence-electron chi connectivity index (χ3n) is 6.33. The molecule has 36 heavy (non-hydrogen) atoms. The Morgan fingerprint density at radius 2 is 1.72 bits per heavy atom. The van der Waals surface area contributed by atoms with Gasteiger partial charge in [0.15, 0.2) is 0 Å². The molecule has 4 rings (SSSR count). The quantitative estimate of drug-likeness (QED) is 0.635. The number of likely N-dealkylation sites (tertiary alicyclic amines) is 1. The van der Waals surface area contributed by atoms with Crippen molar-refractivity contribution in [3.8, 4) is 11.1 Å². The van der Waals surface area contributed by atoms with E-state index >= 15 is 4.39 Å². The predicted molar refractivity (Wildman–Crippen MR) is 135 cm³/mol. The molecule has 0 atom stereocenters. The summed E-state index contributed by atoms with van der Waals surface area (Å²) < 4.78 is 35.4. The van der Waals surface area contributed by atoms with Crippen molar-refractivity contribution >= 4 is 23.4 Å². The molecule has 7 nitrogen and oxygen atoms in total. The van der Waals surface area contributed by atoms with Crippen LogP contribution in [-0.2, 0) is 4.74 Å². The maximum Gasteiger partial charge on any atom is 0.410 e. The molecule has 0 aliphatic carbocycles. The van der Waals surface area contributed by atoms with Crippen LogP contribution in [0, 0.1) is 17.6 Å². The fourth-order valence-corrected chi connectivity index (χ4v) is 4.64. The van der Waals surface area contributed by atoms with Crippen LogP contribution in [0.1, 0.15) is 49.5 Å². The zero-order valence-corrected chi connectivity index (χ0v) is 21.3. The van der Waals surface area contributed by atoms with Crippen LogP contribution in [0.4, 0.5) is 19.3 Å². The van der Waals surface area contributed by atoms with E-state index in [2.05, 4.69) is 10.3 Å². The van der Waals surface area contributed by atoms with Gasteiger partial charge in [0, 0.05) is 61.1 Å². The summed E-state index contributed by atoms with van der Waals surface area (Å²) in [5, 5.41) is 3.18. The van der Waals surface area contributed by atoms with Gasteiger partial charge in [-0.15, -0.1) is 0 Å². The summed E-state index contributed by atoms with van der Waals surface area (Å²) in [6, 6.07) is 6.95. The van der Waals surface area contributed by atoms with Gasteiger partial charge < -0.3 is 19.9 Å². The summed E-state index contributed by atoms with van der Waals surface area (Å²) >= 11 is 0. The van der Waals surface area contributed by atoms with E-state index in [-0.39, 0.29) is 35.7 Å². The van der Waals surface area contributed by atoms with Gasteiger partial charge in [0.2, 0.25) is 0 Å². The molecule has 0 saturated carbocycles. The molecule has 1 fully saturated rings. The highest BCUT2D eigenvalue weighted by Gasteiger charge is 2.32. The molecule has 192 valence electrons. The smallest absolute Gasteiger partial charge is 0.410 e. The lowest BCUT2D eigenvalue weighted by Gasteiger charge is -2.35. The first-order valence-electron chi connectivity index (χ1n) is 12.1. The average molecular weight is 499 g/mol. The molecule has 0 unspecified atom stereocenters. The van der Waals surface area contributed by atoms with Crippen LogP contribution in [0.15, 0.2) is 35.3 Å². The fourth-order valence-electron chi connectivity index (χ4n) is 4.64. The second-order valence-electron chi connectivity index (χ2n) is 10.4. The van der Waals surface area contributed by atoms with E-state index in [0.29, 0.717) is 42.7 Å². The highest BCUT2D eigenvalue weighted by Crippen LogP contribution is 2.38. The first-order chi connectivity index (χ1) is 16.9. The molecular weight excluding hydrogens is 466 g/mol. The number of hydrogen-bond acceptors (Lipinski definition) is 5. The number of aliphatic imine (C=N–C) groups is 1. The molecule has 2 aromatic carbocycles. The highest BCUT2D eigenvalue weighted by atomic mass is 19.1. The molecule has 2 aliphatic rings. The summed E-state index contributed by atoms with van der Waals surface area (Å²) in [5.41, 5.74) is 2.21. The van der Waals surface area contributed by atoms with Crippen LogP contribution in [-0.4, -0.2) is 67.0 Å². The lowest BCUT2D eigenvalue weighted by molar-refractivity contribution is 0.0202. The van der Waals surface area contributed by atoms with E-state index in [0.717, 1.165) is 5.71 Å². The number of carbonyl (C=O) groups excluding carboxylic acids is 2. The first kappa shape index (κ1) is 25.6. The van der Waals surface area contributed by atoms with Crippen molar-refractivity contribution in [2.45, 2.75) is 39.2 Å². The van der Waals surface area contributed by atoms with Gasteiger partial charge in [0.05, 0.1) is 5.69 Å². The maximum absolute atomic E-state index is 15.1. The molecule has 0 aromatic heterocycles. The number of nitrogens with zero attached hydrogens (tertiary/aromatic N) is 3. The van der Waals surface area contributed by atoms with Crippen LogP contribution < -0.4 is 5.32 Å². The van der Waals surface area contributed by atoms with E-state index in [1.165, 1.54) is 29.2 Å². The number of halogens is 2. The molecule has 2 amide bonds. The Bertz CT molecular complexity index is 1210. The standard InChI is InChI=1S/C27H32F2N4O3/c1-27(2,3)36-26(35)33-10-8-16(9-11-33)23-21-14-18(28)13-20(24(21)31-15-30-23)19-7-6-17(12-22(19)29)25(34)32(4)5/h6-7,12-14,16,31H,8-11,15H2,1-5H3. The molecule has 2 aromatic rings. The van der Waals surface area contributed by atoms with E-state index in [1.54, 1.807) is 25.1 Å². The number of fused-ring (bicyclic) bond motifs is 1. The summed E-state index contributed by atoms with van der Waals surface area (Å²) in [6.07, 6.45) is 0.992. The maximum atomic E-state index is 15.1. The Hall–Kier alpha value is -3.49. The van der Waals surface area contributed by atoms with Crippen LogP contribution >= 0.6 is 0 Å². The molecule has 0 spiro atoms. The van der Waals surface area contributed by atoms with Gasteiger partial charge in [-0.05, 0) is 57.9 Å². The number of amides is 2. The van der Waals surface area contributed by atoms with Gasteiger partial charge >= 0.3 is 6.09 Å². The van der Waals surface area contributed by atoms with Crippen molar-refractivity contribution in [3.63, 3.8) is 0 Å². The van der Waals surface area contributed by atoms with Gasteiger partial charge in [0.1, 0.15) is 23.9 Å². The largest absolute Gasteiger partial charge is 0.444 e. The molecule has 2 aliphatic heterocycles. The molecule has 1 N–H and O–H groups in total. The first-order valence-corrected chi connectivity index (χ1v) is 12.1. The molecular formula is C27H32F2N4O3. The minimum atomic E-state index is -0.605. The lowest BCUT2D eigenvalue weighted by Crippen LogP contribution is -2.43. The Labute approximate surface area is 210 Å². The van der Waals surface area contributed by atoms with E-state index in [9.17, 15) is 14.0 Å². The molecule has 2 heterocycles. The second-order valence-corrected chi connectivity index (χ2v) is 10.4. The normalized spacial score (nSPS) is 16.1. The number of benzene rings is 2. The monoisotopic (exact) mass is 498 g/mol. The van der Waals surface area contributed by atoms with Crippen molar-refractivity contribution in [3.05, 3.63) is 53.1 Å². The lowest BCUT2D eigenvalue weighted by atomic mass is 9.85. The minimum Gasteiger partial charge on any atom is -0.444 e. The van der Waals surface area contributed by atoms with Crippen LogP contribution in [0.2, 0.25) is 0 Å². The van der Waals surface area contributed by atoms with Crippen LogP contribution in [0.3, 0.4) is 0 Å². The zero-order valence-electron chi connectivity index (χ0n) is 21.3. The number of rotatable bonds is 3. The Kier molecular flexibility index (Phi) is 7.02. The number of hydrogen-bond donors (Lipinski definition) is 1. The van der Waals surface area contributed by atoms with Gasteiger partial charge in [-0.25, -0.2) is 13.6 Å². The van der Waals surface area contributed by atoms with E-state index in [4.69, 9.17) is 4.74 Å². The number of nitrogens with one attached hydrogen (secondary N) is 1. The van der Waals surface area contributed by atoms with Gasteiger partial charge in [-0.3, -0.25) is 9.79 Å². The van der Waals surface area contributed by atoms with Gasteiger partial charge in [-0.2, -0.15) is 0 Å². The topological polar surface area (TPSA) is 74.2 Å². The third kappa shape index (κ3) is 5.34. The summed E-state index contributed by atoms with van der Waals surface area (Å²) in [6.45, 7) is 6.81. The van der Waals surface area contributed by atoms with Crippen molar-refractivity contribution in [2.75, 3.05) is 39.2 Å². The Morgan fingerprint density at radius 1 is 1.06 bits per heavy atom. The Balaban J connectivity index is 1.60. The fraction of sp³-hybridized carbons (Fsp3) is 0.444. The second kappa shape index (κ2) is 9.87. The van der Waals surface area contributed by atoms with Crippen molar-refractivity contribution in [1.29, 1.82) is 0 Å². The van der Waals surface area contributed by atoms with Crippen molar-refractivity contribution in [1.82, 2.24) is 9.80 Å². The van der Waals surface area contributed by atoms with Crippen LogP contribution in [0.25, 0.3) is 11.1 Å². The van der Waals surface area contributed by atoms with Crippen LogP contribution in [0.5, 0.6) is 0 Å². The molecule has 0 bridgehead atoms. The van der Waals surface area contributed by atoms with Crippen molar-refractivity contribution in [2.24, 2.45) is 10.9 Å². The minimum absolute atomic E-state index is 0.0316. The highest BCUT2D eigenvalue weighted by molar-refractivity contribution is 6.10. The molecule has 9 heteroatoms. The zero-order chi connectivity index (χ0) is 26.2. The van der Waals surface area contributed by atoms with Crippen molar-refractivity contribution < 1.29 is 23.1 Å². The number of piperidine rings is 1. The number of ether oxygens (including phenoxy) is 1. The van der Waals surface area contributed by atoms with E-state index < -0.39 is 17.2 Å². The number of anilines is 1. The van der Waals surface area contributed by atoms with Gasteiger partial charge in [0.25, 0.3) is 5.91 Å². The Morgan fingerprint density at radius 3 is 2.33 bits per heavy atom. The number of carbonyl (C=O) groups is 2. The summed E-state index contributed by atoms with van der Waals surface area (Å²) in [5.74, 6) is -1.39. The van der Waals surface area contributed by atoms with Gasteiger partial charge in [-0.1, -0.05) is 6.07 Å². The average Bonchev–Trinajstić information content (AvgIpc) is 2.81. The molecule has 1 saturated heterocycles. The molecule has 0 radical (unpaired) electrons. The predicted octanol–water partition coefficient (Wildman–Crippen LogP) is 5.15. The summed E-state index contributed by atoms with van der Waals surface area (Å²) in [7, 11) is 3.19. The summed E-state index contributed by atoms with van der Waals surface area (Å²) in [4.78, 5) is 32.4.